The van der Waals surface area contributed by atoms with Crippen LogP contribution in [0.15, 0.2) is 30.3 Å². The van der Waals surface area contributed by atoms with Crippen LogP contribution in [-0.2, 0) is 20.7 Å². The number of methoxy groups -OCH3 is 1. The van der Waals surface area contributed by atoms with Crippen molar-refractivity contribution in [1.82, 2.24) is 10.6 Å². The van der Waals surface area contributed by atoms with E-state index in [1.54, 1.807) is 0 Å². The minimum absolute atomic E-state index is 0.244. The van der Waals surface area contributed by atoms with Gasteiger partial charge in [0.25, 0.3) is 0 Å². The highest BCUT2D eigenvalue weighted by molar-refractivity contribution is 5.83. The number of rotatable bonds is 8. The number of ether oxygens (including phenoxy) is 1. The summed E-state index contributed by atoms with van der Waals surface area (Å²) in [5.74, 6) is -0.678. The number of hydrogen-bond donors (Lipinski definition) is 2. The zero-order valence-electron chi connectivity index (χ0n) is 12.0. The highest BCUT2D eigenvalue weighted by Crippen LogP contribution is 2.01. The summed E-state index contributed by atoms with van der Waals surface area (Å²) in [4.78, 5) is 22.5. The smallest absolute Gasteiger partial charge is 0.329 e. The van der Waals surface area contributed by atoms with Crippen molar-refractivity contribution in [2.45, 2.75) is 25.8 Å². The molecule has 5 heteroatoms. The Balaban J connectivity index is 2.23. The molecule has 0 bridgehead atoms. The lowest BCUT2D eigenvalue weighted by Crippen LogP contribution is -2.47. The van der Waals surface area contributed by atoms with Crippen molar-refractivity contribution in [3.8, 4) is 0 Å². The minimum atomic E-state index is -0.630. The van der Waals surface area contributed by atoms with E-state index in [1.807, 2.05) is 18.2 Å². The second kappa shape index (κ2) is 9.09. The monoisotopic (exact) mass is 278 g/mol. The number of amides is 1. The fourth-order valence-electron chi connectivity index (χ4n) is 1.89. The molecule has 0 heterocycles. The predicted molar refractivity (Wildman–Crippen MR) is 77.3 cm³/mol. The number of hydrogen-bond acceptors (Lipinski definition) is 4. The first-order chi connectivity index (χ1) is 9.63. The second-order valence-electron chi connectivity index (χ2n) is 4.57. The SMILES string of the molecule is COC(=O)C(CNCCCc1ccccc1)NC(C)=O. The maximum absolute atomic E-state index is 11.5. The summed E-state index contributed by atoms with van der Waals surface area (Å²) in [5.41, 5.74) is 1.29. The molecule has 0 aliphatic rings. The van der Waals surface area contributed by atoms with Gasteiger partial charge in [0.1, 0.15) is 6.04 Å². The number of esters is 1. The first-order valence-electron chi connectivity index (χ1n) is 6.73. The van der Waals surface area contributed by atoms with Crippen LogP contribution in [0.1, 0.15) is 18.9 Å². The highest BCUT2D eigenvalue weighted by atomic mass is 16.5. The fourth-order valence-corrected chi connectivity index (χ4v) is 1.89. The molecule has 1 unspecified atom stereocenters. The van der Waals surface area contributed by atoms with Crippen molar-refractivity contribution < 1.29 is 14.3 Å². The van der Waals surface area contributed by atoms with Gasteiger partial charge in [0.2, 0.25) is 5.91 Å². The lowest BCUT2D eigenvalue weighted by atomic mass is 10.1. The Morgan fingerprint density at radius 3 is 2.55 bits per heavy atom. The molecule has 1 aromatic carbocycles. The quantitative estimate of drug-likeness (QED) is 0.547. The van der Waals surface area contributed by atoms with Gasteiger partial charge in [0.05, 0.1) is 7.11 Å². The van der Waals surface area contributed by atoms with Gasteiger partial charge in [-0.1, -0.05) is 30.3 Å². The lowest BCUT2D eigenvalue weighted by Gasteiger charge is -2.16. The van der Waals surface area contributed by atoms with Gasteiger partial charge >= 0.3 is 5.97 Å². The first-order valence-corrected chi connectivity index (χ1v) is 6.73. The van der Waals surface area contributed by atoms with E-state index in [0.29, 0.717) is 6.54 Å². The highest BCUT2D eigenvalue weighted by Gasteiger charge is 2.19. The minimum Gasteiger partial charge on any atom is -0.467 e. The summed E-state index contributed by atoms with van der Waals surface area (Å²) in [6.07, 6.45) is 1.95. The van der Waals surface area contributed by atoms with Crippen molar-refractivity contribution in [1.29, 1.82) is 0 Å². The van der Waals surface area contributed by atoms with Gasteiger partial charge in [0.15, 0.2) is 0 Å². The molecular formula is C15H22N2O3. The first kappa shape index (κ1) is 16.2. The summed E-state index contributed by atoms with van der Waals surface area (Å²) < 4.78 is 4.65. The molecule has 1 aromatic rings. The Labute approximate surface area is 119 Å². The maximum atomic E-state index is 11.5. The Kier molecular flexibility index (Phi) is 7.35. The van der Waals surface area contributed by atoms with Crippen molar-refractivity contribution in [2.75, 3.05) is 20.2 Å². The standard InChI is InChI=1S/C15H22N2O3/c1-12(18)17-14(15(19)20-2)11-16-10-6-9-13-7-4-3-5-8-13/h3-5,7-8,14,16H,6,9-11H2,1-2H3,(H,17,18). The third-order valence-corrected chi connectivity index (χ3v) is 2.87. The molecule has 0 spiro atoms. The van der Waals surface area contributed by atoms with Crippen LogP contribution in [0.2, 0.25) is 0 Å². The summed E-state index contributed by atoms with van der Waals surface area (Å²) >= 11 is 0. The number of nitrogens with one attached hydrogen (secondary N) is 2. The number of carbonyl (C=O) groups is 2. The predicted octanol–water partition coefficient (Wildman–Crippen LogP) is 0.886. The molecule has 1 atom stereocenters. The number of carbonyl (C=O) groups excluding carboxylic acids is 2. The van der Waals surface area contributed by atoms with Gasteiger partial charge in [0, 0.05) is 13.5 Å². The number of aryl methyl sites for hydroxylation is 1. The average Bonchev–Trinajstić information content (AvgIpc) is 2.45. The van der Waals surface area contributed by atoms with Crippen LogP contribution in [0.25, 0.3) is 0 Å². The summed E-state index contributed by atoms with van der Waals surface area (Å²) in [7, 11) is 1.31. The molecule has 0 aliphatic heterocycles. The van der Waals surface area contributed by atoms with Gasteiger partial charge in [-0.25, -0.2) is 4.79 Å². The van der Waals surface area contributed by atoms with Gasteiger partial charge in [-0.05, 0) is 24.9 Å². The zero-order chi connectivity index (χ0) is 14.8. The van der Waals surface area contributed by atoms with E-state index >= 15 is 0 Å². The molecule has 20 heavy (non-hydrogen) atoms. The van der Waals surface area contributed by atoms with Crippen LogP contribution in [0.3, 0.4) is 0 Å². The van der Waals surface area contributed by atoms with Crippen molar-refractivity contribution >= 4 is 11.9 Å². The van der Waals surface area contributed by atoms with E-state index in [2.05, 4.69) is 27.5 Å². The molecule has 0 fully saturated rings. The summed E-state index contributed by atoms with van der Waals surface area (Å²) in [5, 5.41) is 5.72. The molecule has 0 saturated heterocycles. The van der Waals surface area contributed by atoms with Gasteiger partial charge in [-0.2, -0.15) is 0 Å². The zero-order valence-corrected chi connectivity index (χ0v) is 12.0. The summed E-state index contributed by atoms with van der Waals surface area (Å²) in [6.45, 7) is 2.54. The summed E-state index contributed by atoms with van der Waals surface area (Å²) in [6, 6.07) is 9.59. The van der Waals surface area contributed by atoms with Gasteiger partial charge < -0.3 is 15.4 Å². The van der Waals surface area contributed by atoms with E-state index in [1.165, 1.54) is 19.6 Å². The molecule has 0 aliphatic carbocycles. The topological polar surface area (TPSA) is 67.4 Å². The van der Waals surface area contributed by atoms with Gasteiger partial charge in [-0.15, -0.1) is 0 Å². The van der Waals surface area contributed by atoms with Crippen LogP contribution in [0, 0.1) is 0 Å². The molecule has 110 valence electrons. The molecule has 1 amide bonds. The Morgan fingerprint density at radius 1 is 1.25 bits per heavy atom. The van der Waals surface area contributed by atoms with Crippen LogP contribution < -0.4 is 10.6 Å². The maximum Gasteiger partial charge on any atom is 0.329 e. The van der Waals surface area contributed by atoms with Crippen LogP contribution >= 0.6 is 0 Å². The Morgan fingerprint density at radius 2 is 1.95 bits per heavy atom. The molecule has 2 N–H and O–H groups in total. The third kappa shape index (κ3) is 6.33. The average molecular weight is 278 g/mol. The van der Waals surface area contributed by atoms with Crippen molar-refractivity contribution in [3.63, 3.8) is 0 Å². The molecule has 5 nitrogen and oxygen atoms in total. The van der Waals surface area contributed by atoms with E-state index in [9.17, 15) is 9.59 Å². The molecule has 0 saturated carbocycles. The molecule has 1 rings (SSSR count). The largest absolute Gasteiger partial charge is 0.467 e. The second-order valence-corrected chi connectivity index (χ2v) is 4.57. The van der Waals surface area contributed by atoms with Crippen molar-refractivity contribution in [2.24, 2.45) is 0 Å². The van der Waals surface area contributed by atoms with Crippen LogP contribution in [0.4, 0.5) is 0 Å². The van der Waals surface area contributed by atoms with Gasteiger partial charge in [-0.3, -0.25) is 4.79 Å². The molecule has 0 radical (unpaired) electrons. The van der Waals surface area contributed by atoms with Crippen molar-refractivity contribution in [3.05, 3.63) is 35.9 Å². The lowest BCUT2D eigenvalue weighted by molar-refractivity contribution is -0.144. The Bertz CT molecular complexity index is 420. The van der Waals surface area contributed by atoms with Crippen LogP contribution in [-0.4, -0.2) is 38.1 Å². The fraction of sp³-hybridized carbons (Fsp3) is 0.467. The normalized spacial score (nSPS) is 11.7. The Hall–Kier alpha value is -1.88. The van der Waals surface area contributed by atoms with E-state index in [0.717, 1.165) is 19.4 Å². The third-order valence-electron chi connectivity index (χ3n) is 2.87. The van der Waals surface area contributed by atoms with E-state index < -0.39 is 12.0 Å². The molecular weight excluding hydrogens is 256 g/mol. The van der Waals surface area contributed by atoms with Crippen LogP contribution in [0.5, 0.6) is 0 Å². The molecule has 0 aromatic heterocycles. The van der Waals surface area contributed by atoms with E-state index in [-0.39, 0.29) is 5.91 Å². The van der Waals surface area contributed by atoms with E-state index in [4.69, 9.17) is 0 Å². The number of benzene rings is 1.